The Hall–Kier alpha value is -1.50. The molecule has 0 heterocycles. The zero-order valence-corrected chi connectivity index (χ0v) is 9.78. The van der Waals surface area contributed by atoms with E-state index in [4.69, 9.17) is 4.74 Å². The van der Waals surface area contributed by atoms with Crippen molar-refractivity contribution in [1.29, 1.82) is 0 Å². The van der Waals surface area contributed by atoms with Gasteiger partial charge in [0, 0.05) is 12.1 Å². The molecule has 16 heavy (non-hydrogen) atoms. The van der Waals surface area contributed by atoms with Crippen LogP contribution in [0.25, 0.3) is 0 Å². The molecule has 5 nitrogen and oxygen atoms in total. The zero-order valence-electron chi connectivity index (χ0n) is 8.20. The number of nitrogens with zero attached hydrogens (tertiary/aromatic N) is 1. The standard InChI is InChI=1S/C9H7BrFNO4/c1-5(13)4-16-9-3-7(11)6(10)2-8(9)12(14)15/h2-3H,4H2,1H3. The predicted molar refractivity (Wildman–Crippen MR) is 56.9 cm³/mol. The van der Waals surface area contributed by atoms with E-state index in [1.165, 1.54) is 6.92 Å². The smallest absolute Gasteiger partial charge is 0.312 e. The Morgan fingerprint density at radius 2 is 2.25 bits per heavy atom. The number of ether oxygens (including phenoxy) is 1. The lowest BCUT2D eigenvalue weighted by molar-refractivity contribution is -0.385. The van der Waals surface area contributed by atoms with Crippen molar-refractivity contribution in [3.63, 3.8) is 0 Å². The molecule has 0 amide bonds. The van der Waals surface area contributed by atoms with Gasteiger partial charge < -0.3 is 4.74 Å². The van der Waals surface area contributed by atoms with Crippen LogP contribution >= 0.6 is 15.9 Å². The number of benzene rings is 1. The third-order valence-corrected chi connectivity index (χ3v) is 2.24. The van der Waals surface area contributed by atoms with Crippen LogP contribution in [-0.2, 0) is 4.79 Å². The lowest BCUT2D eigenvalue weighted by Gasteiger charge is -2.05. The SMILES string of the molecule is CC(=O)COc1cc(F)c(Br)cc1[N+](=O)[O-]. The van der Waals surface area contributed by atoms with Gasteiger partial charge in [-0.05, 0) is 22.9 Å². The number of ketones is 1. The van der Waals surface area contributed by atoms with E-state index >= 15 is 0 Å². The number of nitro benzene ring substituents is 1. The Morgan fingerprint density at radius 1 is 1.62 bits per heavy atom. The molecular formula is C9H7BrFNO4. The zero-order chi connectivity index (χ0) is 12.3. The maximum Gasteiger partial charge on any atom is 0.312 e. The molecule has 0 radical (unpaired) electrons. The van der Waals surface area contributed by atoms with Crippen LogP contribution < -0.4 is 4.74 Å². The average Bonchev–Trinajstić information content (AvgIpc) is 2.18. The number of halogens is 2. The molecule has 0 aliphatic carbocycles. The normalized spacial score (nSPS) is 9.94. The summed E-state index contributed by atoms with van der Waals surface area (Å²) >= 11 is 2.83. The Bertz CT molecular complexity index is 449. The van der Waals surface area contributed by atoms with E-state index in [-0.39, 0.29) is 22.6 Å². The van der Waals surface area contributed by atoms with Crippen LogP contribution in [0.15, 0.2) is 16.6 Å². The Morgan fingerprint density at radius 3 is 2.75 bits per heavy atom. The van der Waals surface area contributed by atoms with Gasteiger partial charge in [-0.3, -0.25) is 14.9 Å². The second kappa shape index (κ2) is 5.02. The first-order valence-corrected chi connectivity index (χ1v) is 4.96. The van der Waals surface area contributed by atoms with Crippen molar-refractivity contribution in [2.45, 2.75) is 6.92 Å². The molecule has 1 aromatic carbocycles. The summed E-state index contributed by atoms with van der Waals surface area (Å²) in [5.74, 6) is -1.26. The molecule has 0 bridgehead atoms. The Balaban J connectivity index is 3.09. The second-order valence-corrected chi connectivity index (χ2v) is 3.84. The highest BCUT2D eigenvalue weighted by atomic mass is 79.9. The highest BCUT2D eigenvalue weighted by molar-refractivity contribution is 9.10. The van der Waals surface area contributed by atoms with E-state index in [1.807, 2.05) is 0 Å². The van der Waals surface area contributed by atoms with Gasteiger partial charge in [-0.15, -0.1) is 0 Å². The van der Waals surface area contributed by atoms with Gasteiger partial charge in [-0.2, -0.15) is 0 Å². The van der Waals surface area contributed by atoms with Crippen LogP contribution in [0.2, 0.25) is 0 Å². The van der Waals surface area contributed by atoms with Crippen molar-refractivity contribution in [2.75, 3.05) is 6.61 Å². The fourth-order valence-electron chi connectivity index (χ4n) is 0.956. The summed E-state index contributed by atoms with van der Waals surface area (Å²) in [6.07, 6.45) is 0. The third kappa shape index (κ3) is 2.99. The summed E-state index contributed by atoms with van der Waals surface area (Å²) in [6.45, 7) is 0.933. The van der Waals surface area contributed by atoms with Crippen molar-refractivity contribution in [2.24, 2.45) is 0 Å². The minimum Gasteiger partial charge on any atom is -0.479 e. The number of carbonyl (C=O) groups is 1. The second-order valence-electron chi connectivity index (χ2n) is 2.98. The van der Waals surface area contributed by atoms with E-state index in [2.05, 4.69) is 15.9 Å². The molecule has 1 rings (SSSR count). The highest BCUT2D eigenvalue weighted by Crippen LogP contribution is 2.32. The molecular weight excluding hydrogens is 285 g/mol. The first kappa shape index (κ1) is 12.6. The quantitative estimate of drug-likeness (QED) is 0.631. The molecule has 0 saturated heterocycles. The summed E-state index contributed by atoms with van der Waals surface area (Å²) in [7, 11) is 0. The van der Waals surface area contributed by atoms with Gasteiger partial charge in [0.25, 0.3) is 0 Å². The maximum absolute atomic E-state index is 13.1. The third-order valence-electron chi connectivity index (χ3n) is 1.63. The van der Waals surface area contributed by atoms with Crippen LogP contribution in [0.1, 0.15) is 6.92 Å². The summed E-state index contributed by atoms with van der Waals surface area (Å²) in [4.78, 5) is 20.6. The van der Waals surface area contributed by atoms with Crippen LogP contribution in [0.5, 0.6) is 5.75 Å². The van der Waals surface area contributed by atoms with Gasteiger partial charge in [0.2, 0.25) is 5.75 Å². The van der Waals surface area contributed by atoms with Gasteiger partial charge in [0.1, 0.15) is 12.4 Å². The number of carbonyl (C=O) groups excluding carboxylic acids is 1. The highest BCUT2D eigenvalue weighted by Gasteiger charge is 2.19. The molecule has 0 aromatic heterocycles. The first-order chi connectivity index (χ1) is 7.41. The van der Waals surface area contributed by atoms with Gasteiger partial charge >= 0.3 is 5.69 Å². The largest absolute Gasteiger partial charge is 0.479 e. The minimum absolute atomic E-state index is 0.0330. The Kier molecular flexibility index (Phi) is 3.94. The van der Waals surface area contributed by atoms with Crippen molar-refractivity contribution < 1.29 is 18.8 Å². The molecule has 0 aliphatic rings. The molecule has 0 unspecified atom stereocenters. The summed E-state index contributed by atoms with van der Waals surface area (Å²) in [6, 6.07) is 1.86. The molecule has 0 N–H and O–H groups in total. The number of hydrogen-bond acceptors (Lipinski definition) is 4. The molecule has 0 aliphatic heterocycles. The van der Waals surface area contributed by atoms with Gasteiger partial charge in [-0.25, -0.2) is 4.39 Å². The van der Waals surface area contributed by atoms with E-state index in [9.17, 15) is 19.3 Å². The van der Waals surface area contributed by atoms with Crippen LogP contribution in [0.4, 0.5) is 10.1 Å². The molecule has 0 fully saturated rings. The molecule has 1 aromatic rings. The number of hydrogen-bond donors (Lipinski definition) is 0. The number of Topliss-reactive ketones (excluding diaryl/α,β-unsaturated/α-hetero) is 1. The Labute approximate surface area is 98.5 Å². The molecule has 86 valence electrons. The molecule has 0 spiro atoms. The van der Waals surface area contributed by atoms with Crippen LogP contribution in [0, 0.1) is 15.9 Å². The number of nitro groups is 1. The van der Waals surface area contributed by atoms with Crippen molar-refractivity contribution >= 4 is 27.4 Å². The van der Waals surface area contributed by atoms with E-state index in [1.54, 1.807) is 0 Å². The van der Waals surface area contributed by atoms with E-state index < -0.39 is 16.4 Å². The maximum atomic E-state index is 13.1. The van der Waals surface area contributed by atoms with Crippen LogP contribution in [-0.4, -0.2) is 17.3 Å². The van der Waals surface area contributed by atoms with Crippen molar-refractivity contribution in [3.05, 3.63) is 32.5 Å². The fraction of sp³-hybridized carbons (Fsp3) is 0.222. The summed E-state index contributed by atoms with van der Waals surface area (Å²) in [5, 5.41) is 10.6. The van der Waals surface area contributed by atoms with E-state index in [0.29, 0.717) is 0 Å². The number of rotatable bonds is 4. The van der Waals surface area contributed by atoms with Crippen molar-refractivity contribution in [3.8, 4) is 5.75 Å². The van der Waals surface area contributed by atoms with E-state index in [0.717, 1.165) is 12.1 Å². The lowest BCUT2D eigenvalue weighted by atomic mass is 10.3. The molecule has 7 heteroatoms. The van der Waals surface area contributed by atoms with Crippen LogP contribution in [0.3, 0.4) is 0 Å². The molecule has 0 atom stereocenters. The van der Waals surface area contributed by atoms with Gasteiger partial charge in [-0.1, -0.05) is 0 Å². The van der Waals surface area contributed by atoms with Gasteiger partial charge in [0.15, 0.2) is 5.78 Å². The first-order valence-electron chi connectivity index (χ1n) is 4.17. The minimum atomic E-state index is -0.709. The monoisotopic (exact) mass is 291 g/mol. The fourth-order valence-corrected chi connectivity index (χ4v) is 1.29. The lowest BCUT2D eigenvalue weighted by Crippen LogP contribution is -2.08. The molecule has 0 saturated carbocycles. The summed E-state index contributed by atoms with van der Waals surface area (Å²) in [5.41, 5.74) is -0.394. The van der Waals surface area contributed by atoms with Crippen molar-refractivity contribution in [1.82, 2.24) is 0 Å². The topological polar surface area (TPSA) is 69.4 Å². The summed E-state index contributed by atoms with van der Waals surface area (Å²) < 4.78 is 17.9. The van der Waals surface area contributed by atoms with Gasteiger partial charge in [0.05, 0.1) is 9.40 Å². The predicted octanol–water partition coefficient (Wildman–Crippen LogP) is 2.46. The average molecular weight is 292 g/mol.